The number of alkyl halides is 4. The average molecular weight is 724 g/mol. The van der Waals surface area contributed by atoms with E-state index in [-0.39, 0.29) is 53.3 Å². The molecule has 0 N–H and O–H groups in total. The highest BCUT2D eigenvalue weighted by Gasteiger charge is 2.30. The van der Waals surface area contributed by atoms with Crippen molar-refractivity contribution in [2.75, 3.05) is 0 Å². The Kier molecular flexibility index (Phi) is 9.52. The fourth-order valence-corrected chi connectivity index (χ4v) is 8.39. The lowest BCUT2D eigenvalue weighted by molar-refractivity contribution is 0.145. The van der Waals surface area contributed by atoms with E-state index in [0.717, 1.165) is 12.1 Å². The Labute approximate surface area is 281 Å². The molecule has 6 rings (SSSR count). The quantitative estimate of drug-likeness (QED) is 0.159. The molecule has 0 atom stereocenters. The lowest BCUT2D eigenvalue weighted by Crippen LogP contribution is -2.15. The zero-order valence-corrected chi connectivity index (χ0v) is 26.9. The number of aromatic nitrogens is 2. The van der Waals surface area contributed by atoms with E-state index in [4.69, 9.17) is 22.1 Å². The van der Waals surface area contributed by atoms with Gasteiger partial charge in [0.25, 0.3) is 32.9 Å². The molecule has 0 aliphatic rings. The van der Waals surface area contributed by atoms with Gasteiger partial charge in [-0.1, -0.05) is 48.0 Å². The molecule has 2 aromatic heterocycles. The highest BCUT2D eigenvalue weighted by atomic mass is 35.5. The van der Waals surface area contributed by atoms with Crippen molar-refractivity contribution in [3.63, 3.8) is 0 Å². The maximum atomic E-state index is 13.5. The number of hydrogen-bond acceptors (Lipinski definition) is 7. The van der Waals surface area contributed by atoms with Gasteiger partial charge in [0.15, 0.2) is 0 Å². The molecule has 0 aliphatic carbocycles. The third kappa shape index (κ3) is 6.09. The van der Waals surface area contributed by atoms with Crippen molar-refractivity contribution < 1.29 is 34.4 Å². The molecule has 0 aliphatic heterocycles. The maximum Gasteiger partial charge on any atom is 0.279 e. The summed E-state index contributed by atoms with van der Waals surface area (Å²) in [6.07, 6.45) is -6.11. The maximum absolute atomic E-state index is 13.5. The fourth-order valence-electron chi connectivity index (χ4n) is 5.06. The van der Waals surface area contributed by atoms with Crippen molar-refractivity contribution in [3.05, 3.63) is 130 Å². The van der Waals surface area contributed by atoms with Crippen molar-refractivity contribution >= 4 is 53.5 Å². The number of nitriles is 3. The zero-order valence-electron chi connectivity index (χ0n) is 24.5. The van der Waals surface area contributed by atoms with Gasteiger partial charge in [-0.15, -0.1) is 0 Å². The minimum Gasteiger partial charge on any atom is -0.232 e. The molecule has 0 amide bonds. The highest BCUT2D eigenvalue weighted by molar-refractivity contribution is 7.90. The Morgan fingerprint density at radius 3 is 1.39 bits per heavy atom. The van der Waals surface area contributed by atoms with E-state index in [0.29, 0.717) is 7.94 Å². The van der Waals surface area contributed by atoms with Gasteiger partial charge in [-0.3, -0.25) is 0 Å². The number of benzene rings is 4. The second kappa shape index (κ2) is 13.5. The Bertz CT molecular complexity index is 2590. The molecule has 0 saturated heterocycles. The van der Waals surface area contributed by atoms with Crippen molar-refractivity contribution in [1.29, 1.82) is 15.8 Å². The van der Waals surface area contributed by atoms with Crippen molar-refractivity contribution in [2.45, 2.75) is 22.6 Å². The van der Waals surface area contributed by atoms with Crippen LogP contribution in [0.25, 0.3) is 21.8 Å². The van der Waals surface area contributed by atoms with E-state index in [2.05, 4.69) is 0 Å². The van der Waals surface area contributed by atoms with Gasteiger partial charge in [-0.05, 0) is 60.7 Å². The van der Waals surface area contributed by atoms with Gasteiger partial charge < -0.3 is 0 Å². The highest BCUT2D eigenvalue weighted by Crippen LogP contribution is 2.37. The predicted octanol–water partition coefficient (Wildman–Crippen LogP) is 7.90. The molecule has 6 aromatic rings. The van der Waals surface area contributed by atoms with Crippen LogP contribution in [0.2, 0.25) is 5.02 Å². The van der Waals surface area contributed by atoms with Crippen LogP contribution in [0.15, 0.2) is 107 Å². The number of halogens is 5. The predicted molar refractivity (Wildman–Crippen MR) is 171 cm³/mol. The molecule has 9 nitrogen and oxygen atoms in total. The van der Waals surface area contributed by atoms with E-state index in [1.54, 1.807) is 24.3 Å². The van der Waals surface area contributed by atoms with Crippen molar-refractivity contribution in [3.8, 4) is 18.2 Å². The first-order chi connectivity index (χ1) is 23.3. The first-order valence-corrected chi connectivity index (χ1v) is 17.0. The van der Waals surface area contributed by atoms with Crippen LogP contribution in [0.1, 0.15) is 40.9 Å². The van der Waals surface area contributed by atoms with Gasteiger partial charge in [-0.2, -0.15) is 15.8 Å². The van der Waals surface area contributed by atoms with Crippen LogP contribution in [0.3, 0.4) is 0 Å². The van der Waals surface area contributed by atoms with Gasteiger partial charge in [0.2, 0.25) is 0 Å². The number of rotatable bonds is 6. The normalized spacial score (nSPS) is 11.6. The summed E-state index contributed by atoms with van der Waals surface area (Å²) in [6.45, 7) is 0. The molecule has 0 bridgehead atoms. The lowest BCUT2D eigenvalue weighted by atomic mass is 10.1. The summed E-state index contributed by atoms with van der Waals surface area (Å²) >= 11 is 6.05. The zero-order chi connectivity index (χ0) is 35.7. The molecule has 0 radical (unpaired) electrons. The van der Waals surface area contributed by atoms with Gasteiger partial charge >= 0.3 is 0 Å². The Hall–Kier alpha value is -5.66. The smallest absolute Gasteiger partial charge is 0.232 e. The summed E-state index contributed by atoms with van der Waals surface area (Å²) < 4.78 is 106. The minimum absolute atomic E-state index is 0.00171. The second-order valence-corrected chi connectivity index (χ2v) is 14.0. The van der Waals surface area contributed by atoms with E-state index >= 15 is 0 Å². The Balaban J connectivity index is 0.000000191. The van der Waals surface area contributed by atoms with E-state index < -0.39 is 44.3 Å². The molecule has 0 unspecified atom stereocenters. The summed E-state index contributed by atoms with van der Waals surface area (Å²) in [7, 11) is -8.54. The molecule has 246 valence electrons. The third-order valence-electron chi connectivity index (χ3n) is 7.23. The third-order valence-corrected chi connectivity index (χ3v) is 11.2. The average Bonchev–Trinajstić information content (AvgIpc) is 3.70. The minimum atomic E-state index is -4.30. The van der Waals surface area contributed by atoms with Gasteiger partial charge in [0.1, 0.15) is 29.6 Å². The Morgan fingerprint density at radius 1 is 0.571 bits per heavy atom. The standard InChI is InChI=1S/C17H9F2N3O2S.C16H9ClF2N2O2S/c18-17(19)16-8-13-14(10-21)11(9-20)6-7-15(13)22(16)25(23,24)12-4-2-1-3-5-12;17-15-10(9-20)6-7-13-12(15)8-14(16(18)19)21(13)24(22,23)11-4-2-1-3-5-11/h1-8,17H;1-8,16H. The topological polar surface area (TPSA) is 150 Å². The SMILES string of the molecule is N#Cc1ccc2c(cc(C(F)F)n2S(=O)(=O)c2ccccc2)c1C#N.N#Cc1ccc2c(cc(C(F)F)n2S(=O)(=O)c2ccccc2)c1Cl. The van der Waals surface area contributed by atoms with E-state index in [1.807, 2.05) is 6.07 Å². The number of hydrogen-bond donors (Lipinski definition) is 0. The lowest BCUT2D eigenvalue weighted by Gasteiger charge is -2.11. The fraction of sp³-hybridized carbons (Fsp3) is 0.0606. The van der Waals surface area contributed by atoms with Crippen molar-refractivity contribution in [2.24, 2.45) is 0 Å². The van der Waals surface area contributed by atoms with Crippen LogP contribution in [-0.4, -0.2) is 24.8 Å². The summed E-state index contributed by atoms with van der Waals surface area (Å²) in [5.74, 6) is 0. The molecular formula is C33H18ClF4N5O4S2. The first kappa shape index (κ1) is 34.7. The van der Waals surface area contributed by atoms with Crippen LogP contribution >= 0.6 is 11.6 Å². The van der Waals surface area contributed by atoms with E-state index in [1.165, 1.54) is 72.8 Å². The molecule has 0 fully saturated rings. The molecular weight excluding hydrogens is 706 g/mol. The first-order valence-electron chi connectivity index (χ1n) is 13.7. The van der Waals surface area contributed by atoms with Crippen LogP contribution in [0, 0.1) is 34.0 Å². The van der Waals surface area contributed by atoms with E-state index in [9.17, 15) is 39.7 Å². The number of nitrogens with zero attached hydrogens (tertiary/aromatic N) is 5. The summed E-state index contributed by atoms with van der Waals surface area (Å²) in [5, 5.41) is 27.3. The Morgan fingerprint density at radius 2 is 0.980 bits per heavy atom. The molecule has 0 spiro atoms. The van der Waals surface area contributed by atoms with Gasteiger partial charge in [-0.25, -0.2) is 42.3 Å². The van der Waals surface area contributed by atoms with Crippen LogP contribution < -0.4 is 0 Å². The van der Waals surface area contributed by atoms with Crippen LogP contribution in [0.4, 0.5) is 17.6 Å². The molecule has 49 heavy (non-hydrogen) atoms. The largest absolute Gasteiger partial charge is 0.279 e. The molecule has 2 heterocycles. The second-order valence-electron chi connectivity index (χ2n) is 10.0. The summed E-state index contributed by atoms with van der Waals surface area (Å²) in [5.41, 5.74) is -1.60. The number of fused-ring (bicyclic) bond motifs is 2. The molecule has 0 saturated carbocycles. The monoisotopic (exact) mass is 723 g/mol. The molecule has 16 heteroatoms. The van der Waals surface area contributed by atoms with Crippen molar-refractivity contribution in [1.82, 2.24) is 7.94 Å². The molecule has 4 aromatic carbocycles. The van der Waals surface area contributed by atoms with Gasteiger partial charge in [0, 0.05) is 10.8 Å². The van der Waals surface area contributed by atoms with Gasteiger partial charge in [0.05, 0.1) is 42.5 Å². The van der Waals surface area contributed by atoms with Crippen LogP contribution in [-0.2, 0) is 20.0 Å². The van der Waals surface area contributed by atoms with Crippen LogP contribution in [0.5, 0.6) is 0 Å². The summed E-state index contributed by atoms with van der Waals surface area (Å²) in [4.78, 5) is -0.276. The summed E-state index contributed by atoms with van der Waals surface area (Å²) in [6, 6.07) is 26.9.